The van der Waals surface area contributed by atoms with Crippen LogP contribution in [0, 0.1) is 0 Å². The maximum atomic E-state index is 10.5. The van der Waals surface area contributed by atoms with Crippen LogP contribution >= 0.6 is 0 Å². The zero-order chi connectivity index (χ0) is 9.78. The van der Waals surface area contributed by atoms with E-state index >= 15 is 0 Å². The molecule has 12 heavy (non-hydrogen) atoms. The molecule has 0 N–H and O–H groups in total. The van der Waals surface area contributed by atoms with Gasteiger partial charge in [0.2, 0.25) is 0 Å². The number of carbonyl (C=O) groups excluding carboxylic acids is 1. The molecule has 0 saturated carbocycles. The molecule has 0 aliphatic carbocycles. The summed E-state index contributed by atoms with van der Waals surface area (Å²) >= 11 is 0. The highest BCUT2D eigenvalue weighted by atomic mass is 28.4. The molecule has 0 spiro atoms. The van der Waals surface area contributed by atoms with Gasteiger partial charge >= 0.3 is 8.80 Å². The average Bonchev–Trinajstić information content (AvgIpc) is 2.08. The minimum Gasteiger partial charge on any atom is -0.550 e. The lowest BCUT2D eigenvalue weighted by Gasteiger charge is -2.30. The Morgan fingerprint density at radius 1 is 1.25 bits per heavy atom. The molecule has 0 aromatic carbocycles. The monoisotopic (exact) mass is 193 g/mol. The van der Waals surface area contributed by atoms with Gasteiger partial charge in [-0.2, -0.15) is 0 Å². The number of rotatable bonds is 5. The van der Waals surface area contributed by atoms with E-state index in [0.29, 0.717) is 0 Å². The van der Waals surface area contributed by atoms with Gasteiger partial charge in [0.15, 0.2) is 0 Å². The number of aliphatic carboxylic acids is 1. The Labute approximate surface area is 72.6 Å². The summed E-state index contributed by atoms with van der Waals surface area (Å²) < 4.78 is 14.8. The fraction of sp³-hybridized carbons (Fsp3) is 0.833. The van der Waals surface area contributed by atoms with Crippen molar-refractivity contribution in [3.8, 4) is 0 Å². The van der Waals surface area contributed by atoms with Crippen LogP contribution in [0.5, 0.6) is 0 Å². The van der Waals surface area contributed by atoms with Crippen molar-refractivity contribution in [1.29, 1.82) is 0 Å². The molecule has 0 saturated heterocycles. The third-order valence-corrected chi connectivity index (χ3v) is 4.74. The fourth-order valence-corrected chi connectivity index (χ4v) is 2.77. The first-order valence-corrected chi connectivity index (χ1v) is 5.20. The number of hydrogen-bond donors (Lipinski definition) is 0. The summed E-state index contributed by atoms with van der Waals surface area (Å²) in [6.45, 7) is 1.44. The molecule has 0 heterocycles. The normalized spacial score (nSPS) is 14.3. The van der Waals surface area contributed by atoms with E-state index in [2.05, 4.69) is 0 Å². The number of hydrogen-bond acceptors (Lipinski definition) is 5. The van der Waals surface area contributed by atoms with Crippen molar-refractivity contribution in [1.82, 2.24) is 0 Å². The highest BCUT2D eigenvalue weighted by molar-refractivity contribution is 6.65. The molecule has 0 fully saturated rings. The van der Waals surface area contributed by atoms with E-state index in [-0.39, 0.29) is 0 Å². The smallest absolute Gasteiger partial charge is 0.509 e. The van der Waals surface area contributed by atoms with Gasteiger partial charge in [0.1, 0.15) is 0 Å². The van der Waals surface area contributed by atoms with Crippen LogP contribution in [0.3, 0.4) is 0 Å². The first-order chi connectivity index (χ1) is 5.54. The highest BCUT2D eigenvalue weighted by Gasteiger charge is 2.45. The second-order valence-electron chi connectivity index (χ2n) is 2.26. The first kappa shape index (κ1) is 11.6. The quantitative estimate of drug-likeness (QED) is 0.524. The van der Waals surface area contributed by atoms with Crippen LogP contribution in [0.4, 0.5) is 0 Å². The Morgan fingerprint density at radius 2 is 1.58 bits per heavy atom. The standard InChI is InChI=1S/C6H14O5Si/c1-5(6(7)8)12(9-2,10-3)11-4/h5H,1-4H3,(H,7,8)/p-1. The van der Waals surface area contributed by atoms with Crippen molar-refractivity contribution in [3.63, 3.8) is 0 Å². The summed E-state index contributed by atoms with van der Waals surface area (Å²) in [6.07, 6.45) is 0. The summed E-state index contributed by atoms with van der Waals surface area (Å²) in [6, 6.07) is 0. The SMILES string of the molecule is CO[Si](OC)(OC)C(C)C(=O)[O-]. The molecule has 0 aromatic rings. The Morgan fingerprint density at radius 3 is 1.67 bits per heavy atom. The molecule has 0 amide bonds. The van der Waals surface area contributed by atoms with Crippen molar-refractivity contribution in [2.75, 3.05) is 21.3 Å². The van der Waals surface area contributed by atoms with E-state index in [0.717, 1.165) is 0 Å². The molecule has 0 bridgehead atoms. The molecule has 0 aliphatic heterocycles. The second-order valence-corrected chi connectivity index (χ2v) is 5.55. The fourth-order valence-electron chi connectivity index (χ4n) is 0.925. The molecule has 1 unspecified atom stereocenters. The summed E-state index contributed by atoms with van der Waals surface area (Å²) in [5, 5.41) is 10.5. The minimum atomic E-state index is -3.05. The van der Waals surface area contributed by atoms with E-state index in [1.807, 2.05) is 0 Å². The van der Waals surface area contributed by atoms with E-state index in [9.17, 15) is 9.90 Å². The van der Waals surface area contributed by atoms with E-state index in [1.165, 1.54) is 28.3 Å². The van der Waals surface area contributed by atoms with E-state index in [4.69, 9.17) is 13.3 Å². The van der Waals surface area contributed by atoms with E-state index in [1.54, 1.807) is 0 Å². The number of carboxylic acids is 1. The van der Waals surface area contributed by atoms with Gasteiger partial charge in [-0.1, -0.05) is 6.92 Å². The average molecular weight is 193 g/mol. The van der Waals surface area contributed by atoms with Gasteiger partial charge in [0.25, 0.3) is 0 Å². The Bertz CT molecular complexity index is 148. The molecule has 0 rings (SSSR count). The topological polar surface area (TPSA) is 67.8 Å². The van der Waals surface area contributed by atoms with Crippen LogP contribution in [0.2, 0.25) is 5.54 Å². The number of carbonyl (C=O) groups is 1. The van der Waals surface area contributed by atoms with Gasteiger partial charge in [0.05, 0.1) is 5.54 Å². The van der Waals surface area contributed by atoms with Crippen molar-refractivity contribution < 1.29 is 23.2 Å². The molecule has 0 aliphatic rings. The molecule has 5 nitrogen and oxygen atoms in total. The van der Waals surface area contributed by atoms with Crippen LogP contribution in [0.15, 0.2) is 0 Å². The zero-order valence-corrected chi connectivity index (χ0v) is 8.62. The molecule has 1 atom stereocenters. The lowest BCUT2D eigenvalue weighted by atomic mass is 10.5. The maximum absolute atomic E-state index is 10.5. The molecule has 0 radical (unpaired) electrons. The predicted octanol–water partition coefficient (Wildman–Crippen LogP) is -0.995. The maximum Gasteiger partial charge on any atom is 0.509 e. The van der Waals surface area contributed by atoms with Gasteiger partial charge < -0.3 is 23.2 Å². The lowest BCUT2D eigenvalue weighted by Crippen LogP contribution is -2.52. The Balaban J connectivity index is 4.58. The van der Waals surface area contributed by atoms with Gasteiger partial charge in [-0.15, -0.1) is 0 Å². The molecular weight excluding hydrogens is 180 g/mol. The lowest BCUT2D eigenvalue weighted by molar-refractivity contribution is -0.306. The number of carboxylic acid groups (broad SMARTS) is 1. The van der Waals surface area contributed by atoms with Crippen LogP contribution < -0.4 is 5.11 Å². The van der Waals surface area contributed by atoms with Crippen LogP contribution in [-0.2, 0) is 18.1 Å². The van der Waals surface area contributed by atoms with E-state index < -0.39 is 20.3 Å². The summed E-state index contributed by atoms with van der Waals surface area (Å²) in [5.74, 6) is -1.23. The van der Waals surface area contributed by atoms with Crippen molar-refractivity contribution in [3.05, 3.63) is 0 Å². The Kier molecular flexibility index (Phi) is 4.39. The first-order valence-electron chi connectivity index (χ1n) is 3.40. The highest BCUT2D eigenvalue weighted by Crippen LogP contribution is 2.22. The molecule has 6 heteroatoms. The largest absolute Gasteiger partial charge is 0.550 e. The molecule has 72 valence electrons. The van der Waals surface area contributed by atoms with Gasteiger partial charge in [-0.05, 0) is 0 Å². The predicted molar refractivity (Wildman–Crippen MR) is 41.2 cm³/mol. The summed E-state index contributed by atoms with van der Waals surface area (Å²) in [7, 11) is 1.03. The van der Waals surface area contributed by atoms with Crippen molar-refractivity contribution in [2.45, 2.75) is 12.5 Å². The summed E-state index contributed by atoms with van der Waals surface area (Å²) in [4.78, 5) is 10.5. The van der Waals surface area contributed by atoms with Crippen LogP contribution in [0.25, 0.3) is 0 Å². The van der Waals surface area contributed by atoms with Gasteiger partial charge in [-0.3, -0.25) is 0 Å². The molecule has 0 aromatic heterocycles. The zero-order valence-electron chi connectivity index (χ0n) is 7.62. The molecular formula is C6H13O5Si-. The van der Waals surface area contributed by atoms with Gasteiger partial charge in [0, 0.05) is 27.3 Å². The minimum absolute atomic E-state index is 0.863. The van der Waals surface area contributed by atoms with Crippen molar-refractivity contribution in [2.24, 2.45) is 0 Å². The van der Waals surface area contributed by atoms with Crippen LogP contribution in [-0.4, -0.2) is 36.1 Å². The Hall–Kier alpha value is -0.433. The van der Waals surface area contributed by atoms with Gasteiger partial charge in [-0.25, -0.2) is 0 Å². The van der Waals surface area contributed by atoms with Crippen LogP contribution in [0.1, 0.15) is 6.92 Å². The third-order valence-electron chi connectivity index (χ3n) is 1.74. The second kappa shape index (κ2) is 4.56. The van der Waals surface area contributed by atoms with Crippen molar-refractivity contribution >= 4 is 14.8 Å². The summed E-state index contributed by atoms with van der Waals surface area (Å²) in [5.41, 5.74) is -0.863. The third kappa shape index (κ3) is 2.04.